The van der Waals surface area contributed by atoms with Crippen molar-refractivity contribution < 1.29 is 13.6 Å². The fraction of sp³-hybridized carbons (Fsp3) is 0.0526. The standard InChI is InChI=1S/C19H14Cl2N2O3S/c20-16-7-5-13(10-14(16)18-3-1-2-8-22-18)23-19(24)15-9-12(11-27(25)26)4-6-17(15)21/h1-10H,11H2,(H,23,24)(H,25,26). The monoisotopic (exact) mass is 420 g/mol. The van der Waals surface area contributed by atoms with Crippen molar-refractivity contribution in [2.24, 2.45) is 0 Å². The number of nitrogens with zero attached hydrogens (tertiary/aromatic N) is 1. The van der Waals surface area contributed by atoms with Gasteiger partial charge in [-0.1, -0.05) is 35.3 Å². The summed E-state index contributed by atoms with van der Waals surface area (Å²) in [5.74, 6) is -0.512. The van der Waals surface area contributed by atoms with Gasteiger partial charge in [0, 0.05) is 17.4 Å². The van der Waals surface area contributed by atoms with Crippen LogP contribution in [0.15, 0.2) is 60.8 Å². The van der Waals surface area contributed by atoms with Gasteiger partial charge in [-0.25, -0.2) is 4.21 Å². The van der Waals surface area contributed by atoms with E-state index in [1.54, 1.807) is 36.5 Å². The van der Waals surface area contributed by atoms with E-state index in [0.717, 1.165) is 0 Å². The molecule has 3 rings (SSSR count). The minimum absolute atomic E-state index is 0.0811. The first kappa shape index (κ1) is 19.5. The Hall–Kier alpha value is -2.25. The third-order valence-electron chi connectivity index (χ3n) is 3.73. The molecule has 2 aromatic carbocycles. The molecule has 0 saturated carbocycles. The lowest BCUT2D eigenvalue weighted by molar-refractivity contribution is 0.102. The van der Waals surface area contributed by atoms with Gasteiger partial charge in [-0.3, -0.25) is 9.78 Å². The lowest BCUT2D eigenvalue weighted by atomic mass is 10.1. The first-order chi connectivity index (χ1) is 12.9. The van der Waals surface area contributed by atoms with Crippen LogP contribution in [0.1, 0.15) is 15.9 Å². The van der Waals surface area contributed by atoms with E-state index in [0.29, 0.717) is 27.5 Å². The molecule has 1 aromatic heterocycles. The van der Waals surface area contributed by atoms with Gasteiger partial charge in [0.1, 0.15) is 0 Å². The zero-order valence-corrected chi connectivity index (χ0v) is 16.2. The minimum atomic E-state index is -2.01. The predicted molar refractivity (Wildman–Crippen MR) is 109 cm³/mol. The Labute approximate surface area is 168 Å². The van der Waals surface area contributed by atoms with E-state index in [1.165, 1.54) is 12.1 Å². The van der Waals surface area contributed by atoms with E-state index in [-0.39, 0.29) is 16.3 Å². The van der Waals surface area contributed by atoms with Crippen molar-refractivity contribution in [3.05, 3.63) is 82.0 Å². The molecule has 0 aliphatic rings. The van der Waals surface area contributed by atoms with Gasteiger partial charge in [0.05, 0.1) is 27.1 Å². The molecule has 138 valence electrons. The molecule has 0 aliphatic carbocycles. The first-order valence-corrected chi connectivity index (χ1v) is 9.85. The molecule has 0 aliphatic heterocycles. The van der Waals surface area contributed by atoms with Crippen LogP contribution in [0.5, 0.6) is 0 Å². The molecule has 1 unspecified atom stereocenters. The second-order valence-corrected chi connectivity index (χ2v) is 7.39. The Bertz CT molecular complexity index is 1010. The lowest BCUT2D eigenvalue weighted by Crippen LogP contribution is -2.13. The van der Waals surface area contributed by atoms with Crippen molar-refractivity contribution in [3.8, 4) is 11.3 Å². The van der Waals surface area contributed by atoms with Crippen LogP contribution in [0.2, 0.25) is 10.0 Å². The van der Waals surface area contributed by atoms with E-state index >= 15 is 0 Å². The second-order valence-electron chi connectivity index (χ2n) is 5.64. The number of carbonyl (C=O) groups is 1. The molecule has 0 spiro atoms. The van der Waals surface area contributed by atoms with Gasteiger partial charge in [-0.2, -0.15) is 0 Å². The molecule has 2 N–H and O–H groups in total. The molecule has 5 nitrogen and oxygen atoms in total. The zero-order valence-electron chi connectivity index (χ0n) is 13.9. The predicted octanol–water partition coefficient (Wildman–Crippen LogP) is 5.03. The van der Waals surface area contributed by atoms with Crippen molar-refractivity contribution in [2.75, 3.05) is 5.32 Å². The molecule has 0 fully saturated rings. The highest BCUT2D eigenvalue weighted by molar-refractivity contribution is 7.78. The summed E-state index contributed by atoms with van der Waals surface area (Å²) in [6, 6.07) is 15.2. The summed E-state index contributed by atoms with van der Waals surface area (Å²) >= 11 is 10.4. The summed E-state index contributed by atoms with van der Waals surface area (Å²) in [6.07, 6.45) is 1.66. The van der Waals surface area contributed by atoms with Gasteiger partial charge in [0.2, 0.25) is 0 Å². The topological polar surface area (TPSA) is 79.3 Å². The van der Waals surface area contributed by atoms with Crippen molar-refractivity contribution in [2.45, 2.75) is 5.75 Å². The molecule has 27 heavy (non-hydrogen) atoms. The third-order valence-corrected chi connectivity index (χ3v) is 4.97. The number of halogens is 2. The Kier molecular flexibility index (Phi) is 6.23. The number of aromatic nitrogens is 1. The van der Waals surface area contributed by atoms with Gasteiger partial charge in [0.15, 0.2) is 11.1 Å². The summed E-state index contributed by atoms with van der Waals surface area (Å²) in [5, 5.41) is 3.53. The van der Waals surface area contributed by atoms with Crippen LogP contribution in [-0.2, 0) is 16.8 Å². The van der Waals surface area contributed by atoms with Crippen LogP contribution in [0, 0.1) is 0 Å². The number of hydrogen-bond acceptors (Lipinski definition) is 3. The fourth-order valence-electron chi connectivity index (χ4n) is 2.50. The van der Waals surface area contributed by atoms with Crippen molar-refractivity contribution in [3.63, 3.8) is 0 Å². The summed E-state index contributed by atoms with van der Waals surface area (Å²) in [4.78, 5) is 16.9. The molecular weight excluding hydrogens is 407 g/mol. The molecule has 0 saturated heterocycles. The molecule has 8 heteroatoms. The van der Waals surface area contributed by atoms with Gasteiger partial charge >= 0.3 is 0 Å². The zero-order chi connectivity index (χ0) is 19.4. The Morgan fingerprint density at radius 3 is 2.56 bits per heavy atom. The molecule has 1 heterocycles. The largest absolute Gasteiger partial charge is 0.322 e. The van der Waals surface area contributed by atoms with Crippen LogP contribution in [0.3, 0.4) is 0 Å². The van der Waals surface area contributed by atoms with Gasteiger partial charge in [-0.15, -0.1) is 0 Å². The molecule has 0 radical (unpaired) electrons. The average Bonchev–Trinajstić information content (AvgIpc) is 2.65. The SMILES string of the molecule is O=C(Nc1ccc(Cl)c(-c2ccccn2)c1)c1cc(CS(=O)O)ccc1Cl. The number of anilines is 1. The molecule has 1 amide bonds. The first-order valence-electron chi connectivity index (χ1n) is 7.82. The highest BCUT2D eigenvalue weighted by atomic mass is 35.5. The van der Waals surface area contributed by atoms with E-state index in [9.17, 15) is 9.00 Å². The highest BCUT2D eigenvalue weighted by Gasteiger charge is 2.14. The average molecular weight is 421 g/mol. The maximum atomic E-state index is 12.6. The van der Waals surface area contributed by atoms with Gasteiger partial charge in [-0.05, 0) is 48.0 Å². The van der Waals surface area contributed by atoms with Crippen LogP contribution in [0.4, 0.5) is 5.69 Å². The number of pyridine rings is 1. The number of rotatable bonds is 5. The van der Waals surface area contributed by atoms with E-state index < -0.39 is 17.0 Å². The van der Waals surface area contributed by atoms with Crippen molar-refractivity contribution >= 4 is 45.9 Å². The smallest absolute Gasteiger partial charge is 0.257 e. The van der Waals surface area contributed by atoms with E-state index in [4.69, 9.17) is 27.8 Å². The third kappa shape index (κ3) is 4.93. The van der Waals surface area contributed by atoms with E-state index in [1.807, 2.05) is 12.1 Å². The number of amides is 1. The minimum Gasteiger partial charge on any atom is -0.322 e. The maximum absolute atomic E-state index is 12.6. The Morgan fingerprint density at radius 1 is 1.07 bits per heavy atom. The van der Waals surface area contributed by atoms with Gasteiger partial charge in [0.25, 0.3) is 5.91 Å². The van der Waals surface area contributed by atoms with Crippen LogP contribution in [-0.4, -0.2) is 19.7 Å². The normalized spacial score (nSPS) is 11.8. The highest BCUT2D eigenvalue weighted by Crippen LogP contribution is 2.29. The van der Waals surface area contributed by atoms with Crippen LogP contribution < -0.4 is 5.32 Å². The molecule has 1 atom stereocenters. The molecular formula is C19H14Cl2N2O3S. The van der Waals surface area contributed by atoms with Crippen LogP contribution in [0.25, 0.3) is 11.3 Å². The van der Waals surface area contributed by atoms with Crippen molar-refractivity contribution in [1.29, 1.82) is 0 Å². The summed E-state index contributed by atoms with van der Waals surface area (Å²) in [7, 11) is 0. The quantitative estimate of drug-likeness (QED) is 0.567. The number of nitrogens with one attached hydrogen (secondary N) is 1. The second kappa shape index (κ2) is 8.63. The number of hydrogen-bond donors (Lipinski definition) is 2. The Morgan fingerprint density at radius 2 is 1.85 bits per heavy atom. The maximum Gasteiger partial charge on any atom is 0.257 e. The Balaban J connectivity index is 1.88. The summed E-state index contributed by atoms with van der Waals surface area (Å²) in [6.45, 7) is 0. The lowest BCUT2D eigenvalue weighted by Gasteiger charge is -2.11. The summed E-state index contributed by atoms with van der Waals surface area (Å²) in [5.41, 5.74) is 2.65. The number of carbonyl (C=O) groups excluding carboxylic acids is 1. The fourth-order valence-corrected chi connectivity index (χ4v) is 3.38. The van der Waals surface area contributed by atoms with Crippen molar-refractivity contribution in [1.82, 2.24) is 4.98 Å². The van der Waals surface area contributed by atoms with Gasteiger partial charge < -0.3 is 9.87 Å². The molecule has 3 aromatic rings. The molecule has 0 bridgehead atoms. The van der Waals surface area contributed by atoms with E-state index in [2.05, 4.69) is 10.3 Å². The summed E-state index contributed by atoms with van der Waals surface area (Å²) < 4.78 is 20.0. The number of benzene rings is 2. The van der Waals surface area contributed by atoms with Crippen LogP contribution >= 0.6 is 23.2 Å².